The van der Waals surface area contributed by atoms with Gasteiger partial charge >= 0.3 is 0 Å². The molecule has 21 heavy (non-hydrogen) atoms. The fourth-order valence-corrected chi connectivity index (χ4v) is 4.21. The predicted octanol–water partition coefficient (Wildman–Crippen LogP) is 3.44. The first-order valence-corrected chi connectivity index (χ1v) is 7.91. The molecule has 1 aliphatic heterocycles. The molecule has 1 aromatic rings. The van der Waals surface area contributed by atoms with Crippen LogP contribution in [0.2, 0.25) is 0 Å². The van der Waals surface area contributed by atoms with Crippen molar-refractivity contribution in [1.29, 1.82) is 10.5 Å². The quantitative estimate of drug-likeness (QED) is 0.833. The molecule has 3 atom stereocenters. The zero-order valence-electron chi connectivity index (χ0n) is 12.3. The van der Waals surface area contributed by atoms with Crippen molar-refractivity contribution in [2.45, 2.75) is 37.6 Å². The highest BCUT2D eigenvalue weighted by molar-refractivity contribution is 5.31. The van der Waals surface area contributed by atoms with Crippen LogP contribution in [0.15, 0.2) is 30.3 Å². The minimum atomic E-state index is -0.253. The van der Waals surface area contributed by atoms with Crippen LogP contribution in [0.25, 0.3) is 0 Å². The van der Waals surface area contributed by atoms with Gasteiger partial charge in [-0.2, -0.15) is 10.5 Å². The van der Waals surface area contributed by atoms with Crippen LogP contribution >= 0.6 is 0 Å². The minimum absolute atomic E-state index is 0.00298. The third-order valence-corrected chi connectivity index (χ3v) is 5.19. The largest absolute Gasteiger partial charge is 0.292 e. The van der Waals surface area contributed by atoms with E-state index in [0.717, 1.165) is 19.5 Å². The molecule has 0 bridgehead atoms. The van der Waals surface area contributed by atoms with Gasteiger partial charge in [0, 0.05) is 5.92 Å². The molecule has 2 fully saturated rings. The Morgan fingerprint density at radius 2 is 1.71 bits per heavy atom. The maximum atomic E-state index is 9.72. The molecule has 1 heterocycles. The average molecular weight is 279 g/mol. The minimum Gasteiger partial charge on any atom is -0.292 e. The molecule has 0 amide bonds. The molecular formula is C18H21N3. The molecule has 108 valence electrons. The van der Waals surface area contributed by atoms with Crippen LogP contribution in [0, 0.1) is 34.5 Å². The highest BCUT2D eigenvalue weighted by Crippen LogP contribution is 2.51. The molecule has 3 unspecified atom stereocenters. The Morgan fingerprint density at radius 3 is 2.33 bits per heavy atom. The summed E-state index contributed by atoms with van der Waals surface area (Å²) in [6.45, 7) is 2.09. The average Bonchev–Trinajstić information content (AvgIpc) is 2.96. The van der Waals surface area contributed by atoms with Crippen LogP contribution in [0.1, 0.15) is 37.7 Å². The third kappa shape index (κ3) is 2.33. The van der Waals surface area contributed by atoms with Crippen molar-refractivity contribution >= 4 is 0 Å². The number of piperidine rings is 1. The zero-order valence-corrected chi connectivity index (χ0v) is 12.3. The van der Waals surface area contributed by atoms with Gasteiger partial charge in [-0.05, 0) is 44.3 Å². The van der Waals surface area contributed by atoms with Crippen LogP contribution in [0.4, 0.5) is 0 Å². The van der Waals surface area contributed by atoms with Gasteiger partial charge in [0.15, 0.2) is 0 Å². The second kappa shape index (κ2) is 5.88. The molecule has 2 aliphatic rings. The summed E-state index contributed by atoms with van der Waals surface area (Å²) in [6.07, 6.45) is 5.18. The normalized spacial score (nSPS) is 33.2. The van der Waals surface area contributed by atoms with E-state index in [2.05, 4.69) is 41.3 Å². The maximum absolute atomic E-state index is 9.72. The molecule has 1 saturated heterocycles. The topological polar surface area (TPSA) is 50.8 Å². The lowest BCUT2D eigenvalue weighted by molar-refractivity contribution is 0.0455. The maximum Gasteiger partial charge on any atom is 0.0702 e. The molecule has 3 heteroatoms. The van der Waals surface area contributed by atoms with Crippen LogP contribution in [-0.2, 0) is 5.54 Å². The standard InChI is InChI=1S/C18H21N3/c19-13-15-11-17(14-20)18(12-15,16-7-3-1-4-8-16)21-9-5-2-6-10-21/h1,3-4,7-8,15,17H,2,5-6,9-12H2. The smallest absolute Gasteiger partial charge is 0.0702 e. The van der Waals surface area contributed by atoms with Gasteiger partial charge in [-0.1, -0.05) is 36.8 Å². The summed E-state index contributed by atoms with van der Waals surface area (Å²) in [5.74, 6) is -0.0839. The summed E-state index contributed by atoms with van der Waals surface area (Å²) < 4.78 is 0. The summed E-state index contributed by atoms with van der Waals surface area (Å²) in [5, 5.41) is 19.1. The summed E-state index contributed by atoms with van der Waals surface area (Å²) >= 11 is 0. The molecule has 0 radical (unpaired) electrons. The van der Waals surface area contributed by atoms with Crippen molar-refractivity contribution in [3.05, 3.63) is 35.9 Å². The Morgan fingerprint density at radius 1 is 1.00 bits per heavy atom. The van der Waals surface area contributed by atoms with Crippen LogP contribution in [0.3, 0.4) is 0 Å². The second-order valence-electron chi connectivity index (χ2n) is 6.29. The summed E-state index contributed by atoms with van der Waals surface area (Å²) in [4.78, 5) is 2.50. The van der Waals surface area contributed by atoms with E-state index >= 15 is 0 Å². The van der Waals surface area contributed by atoms with Crippen molar-refractivity contribution < 1.29 is 0 Å². The molecule has 0 spiro atoms. The fraction of sp³-hybridized carbons (Fsp3) is 0.556. The van der Waals surface area contributed by atoms with Crippen molar-refractivity contribution in [2.75, 3.05) is 13.1 Å². The zero-order chi connectivity index (χ0) is 14.7. The van der Waals surface area contributed by atoms with Crippen molar-refractivity contribution in [3.8, 4) is 12.1 Å². The van der Waals surface area contributed by atoms with Gasteiger partial charge in [0.2, 0.25) is 0 Å². The van der Waals surface area contributed by atoms with E-state index in [1.54, 1.807) is 0 Å². The van der Waals surface area contributed by atoms with Crippen molar-refractivity contribution in [3.63, 3.8) is 0 Å². The van der Waals surface area contributed by atoms with Crippen molar-refractivity contribution in [2.24, 2.45) is 11.8 Å². The van der Waals surface area contributed by atoms with E-state index in [0.29, 0.717) is 6.42 Å². The molecule has 1 aliphatic carbocycles. The number of nitrogens with zero attached hydrogens (tertiary/aromatic N) is 3. The Balaban J connectivity index is 2.06. The van der Waals surface area contributed by atoms with Gasteiger partial charge < -0.3 is 0 Å². The first kappa shape index (κ1) is 14.1. The predicted molar refractivity (Wildman–Crippen MR) is 81.0 cm³/mol. The number of rotatable bonds is 2. The van der Waals surface area contributed by atoms with Gasteiger partial charge in [-0.3, -0.25) is 4.90 Å². The van der Waals surface area contributed by atoms with E-state index < -0.39 is 0 Å². The molecule has 0 N–H and O–H groups in total. The monoisotopic (exact) mass is 279 g/mol. The van der Waals surface area contributed by atoms with Gasteiger partial charge in [0.1, 0.15) is 0 Å². The molecule has 0 aromatic heterocycles. The van der Waals surface area contributed by atoms with Crippen LogP contribution in [-0.4, -0.2) is 18.0 Å². The molecule has 3 rings (SSSR count). The number of hydrogen-bond acceptors (Lipinski definition) is 3. The lowest BCUT2D eigenvalue weighted by Crippen LogP contribution is -2.50. The number of benzene rings is 1. The number of nitriles is 2. The SMILES string of the molecule is N#CC1CC(C#N)C(c2ccccc2)(N2CCCCC2)C1. The molecule has 1 saturated carbocycles. The van der Waals surface area contributed by atoms with E-state index in [-0.39, 0.29) is 17.4 Å². The number of hydrogen-bond donors (Lipinski definition) is 0. The highest BCUT2D eigenvalue weighted by atomic mass is 15.2. The molecule has 1 aromatic carbocycles. The Bertz CT molecular complexity index is 562. The van der Waals surface area contributed by atoms with Gasteiger partial charge in [-0.15, -0.1) is 0 Å². The van der Waals surface area contributed by atoms with Crippen LogP contribution in [0.5, 0.6) is 0 Å². The van der Waals surface area contributed by atoms with E-state index in [1.165, 1.54) is 24.8 Å². The van der Waals surface area contributed by atoms with Gasteiger partial charge in [-0.25, -0.2) is 0 Å². The van der Waals surface area contributed by atoms with Gasteiger partial charge in [0.25, 0.3) is 0 Å². The first-order valence-electron chi connectivity index (χ1n) is 7.91. The summed E-state index contributed by atoms with van der Waals surface area (Å²) in [7, 11) is 0. The number of likely N-dealkylation sites (tertiary alicyclic amines) is 1. The van der Waals surface area contributed by atoms with Gasteiger partial charge in [0.05, 0.1) is 23.6 Å². The van der Waals surface area contributed by atoms with E-state index in [9.17, 15) is 10.5 Å². The fourth-order valence-electron chi connectivity index (χ4n) is 4.21. The highest BCUT2D eigenvalue weighted by Gasteiger charge is 2.52. The first-order chi connectivity index (χ1) is 10.3. The summed E-state index contributed by atoms with van der Waals surface area (Å²) in [5.41, 5.74) is 0.966. The summed E-state index contributed by atoms with van der Waals surface area (Å²) in [6, 6.07) is 15.3. The third-order valence-electron chi connectivity index (χ3n) is 5.19. The molecular weight excluding hydrogens is 258 g/mol. The Kier molecular flexibility index (Phi) is 3.95. The Hall–Kier alpha value is -1.84. The lowest BCUT2D eigenvalue weighted by Gasteiger charge is -2.46. The van der Waals surface area contributed by atoms with E-state index in [1.807, 2.05) is 6.07 Å². The van der Waals surface area contributed by atoms with E-state index in [4.69, 9.17) is 0 Å². The lowest BCUT2D eigenvalue weighted by atomic mass is 9.78. The Labute approximate surface area is 126 Å². The van der Waals surface area contributed by atoms with Crippen molar-refractivity contribution in [1.82, 2.24) is 4.90 Å². The second-order valence-corrected chi connectivity index (χ2v) is 6.29. The van der Waals surface area contributed by atoms with Crippen LogP contribution < -0.4 is 0 Å². The molecule has 3 nitrogen and oxygen atoms in total.